The molecule has 5 heteroatoms. The Balaban J connectivity index is 0. The molecule has 0 rings (SSSR count). The number of quaternary nitrogens is 1. The Morgan fingerprint density at radius 3 is 0.551 bits per heavy atom. The largest absolute Gasteiger partial charge is 0.356 e. The summed E-state index contributed by atoms with van der Waals surface area (Å²) in [5.74, 6) is 0. The lowest BCUT2D eigenvalue weighted by Crippen LogP contribution is -2.50. The summed E-state index contributed by atoms with van der Waals surface area (Å²) in [4.78, 5) is 8.25. The predicted octanol–water partition coefficient (Wildman–Crippen LogP) is 15.7. The summed E-state index contributed by atoms with van der Waals surface area (Å²) >= 11 is 0. The second-order valence-corrected chi connectivity index (χ2v) is 15.8. The molecule has 0 aliphatic rings. The topological polar surface area (TPSA) is 66.2 Å². The summed E-state index contributed by atoms with van der Waals surface area (Å²) in [5.41, 5.74) is 0. The maximum absolute atomic E-state index is 8.25. The van der Waals surface area contributed by atoms with Crippen LogP contribution in [0.5, 0.6) is 0 Å². The van der Waals surface area contributed by atoms with E-state index in [1.807, 2.05) is 0 Å². The zero-order valence-corrected chi connectivity index (χ0v) is 34.4. The Labute approximate surface area is 309 Å². The molecule has 0 fully saturated rings. The van der Waals surface area contributed by atoms with Gasteiger partial charge in [-0.3, -0.25) is 0 Å². The minimum Gasteiger partial charge on any atom is -0.356 e. The van der Waals surface area contributed by atoms with Gasteiger partial charge in [-0.2, -0.15) is 0 Å². The quantitative estimate of drug-likeness (QED) is 0.0277. The van der Waals surface area contributed by atoms with Gasteiger partial charge in [0, 0.05) is 0 Å². The third-order valence-corrected chi connectivity index (χ3v) is 10.9. The molecule has 0 aliphatic carbocycles. The maximum atomic E-state index is 8.25. The molecule has 49 heavy (non-hydrogen) atoms. The fourth-order valence-corrected chi connectivity index (χ4v) is 7.70. The third kappa shape index (κ3) is 43.2. The van der Waals surface area contributed by atoms with Crippen molar-refractivity contribution in [2.45, 2.75) is 259 Å². The molecule has 0 aromatic carbocycles. The highest BCUT2D eigenvalue weighted by Crippen LogP contribution is 2.21. The average Bonchev–Trinajstić information content (AvgIpc) is 3.08. The molecule has 0 saturated carbocycles. The van der Waals surface area contributed by atoms with Gasteiger partial charge in [0.1, 0.15) is 0 Å². The zero-order valence-electron chi connectivity index (χ0n) is 34.4. The normalized spacial score (nSPS) is 11.5. The first-order valence-electron chi connectivity index (χ1n) is 22.6. The molecule has 0 aromatic rings. The van der Waals surface area contributed by atoms with E-state index in [2.05, 4.69) is 27.7 Å². The van der Waals surface area contributed by atoms with E-state index in [0.717, 1.165) is 0 Å². The Kier molecular flexibility index (Phi) is 44.4. The van der Waals surface area contributed by atoms with Crippen LogP contribution in [0, 0.1) is 15.3 Å². The Hall–Kier alpha value is -0.840. The molecular formula is C44H92N2O3. The summed E-state index contributed by atoms with van der Waals surface area (Å²) in [7, 11) is 0. The van der Waals surface area contributed by atoms with Crippen LogP contribution in [0.1, 0.15) is 259 Å². The number of rotatable bonds is 40. The van der Waals surface area contributed by atoms with Crippen LogP contribution in [-0.2, 0) is 0 Å². The maximum Gasteiger partial charge on any atom is 0.0786 e. The highest BCUT2D eigenvalue weighted by atomic mass is 16.9. The van der Waals surface area contributed by atoms with Gasteiger partial charge in [-0.05, 0) is 51.4 Å². The Morgan fingerprint density at radius 2 is 0.408 bits per heavy atom. The Morgan fingerprint density at radius 1 is 0.286 bits per heavy atom. The van der Waals surface area contributed by atoms with Crippen LogP contribution in [0.15, 0.2) is 0 Å². The van der Waals surface area contributed by atoms with Crippen LogP contribution in [0.2, 0.25) is 0 Å². The lowest BCUT2D eigenvalue weighted by atomic mass is 10.0. The molecule has 0 spiro atoms. The first kappa shape index (κ1) is 50.3. The zero-order chi connectivity index (χ0) is 36.4. The summed E-state index contributed by atoms with van der Waals surface area (Å²) in [6, 6.07) is 0. The minimum atomic E-state index is -1.75. The number of nitrogens with zero attached hydrogens (tertiary/aromatic N) is 2. The molecule has 0 bridgehead atoms. The van der Waals surface area contributed by atoms with E-state index in [4.69, 9.17) is 15.3 Å². The molecule has 0 saturated heterocycles. The van der Waals surface area contributed by atoms with E-state index in [0.29, 0.717) is 0 Å². The number of hydrogen-bond acceptors (Lipinski definition) is 3. The van der Waals surface area contributed by atoms with Crippen molar-refractivity contribution in [1.82, 2.24) is 0 Å². The van der Waals surface area contributed by atoms with Gasteiger partial charge < -0.3 is 19.8 Å². The lowest BCUT2D eigenvalue weighted by molar-refractivity contribution is -0.929. The van der Waals surface area contributed by atoms with E-state index in [-0.39, 0.29) is 0 Å². The molecule has 0 heterocycles. The number of unbranched alkanes of at least 4 members (excludes halogenated alkanes) is 32. The second kappa shape index (κ2) is 43.3. The van der Waals surface area contributed by atoms with Crippen molar-refractivity contribution < 1.29 is 9.57 Å². The smallest absolute Gasteiger partial charge is 0.0786 e. The molecule has 0 N–H and O–H groups in total. The van der Waals surface area contributed by atoms with Crippen molar-refractivity contribution in [2.24, 2.45) is 0 Å². The first-order valence-corrected chi connectivity index (χ1v) is 22.6. The first-order chi connectivity index (χ1) is 24.0. The molecule has 0 aliphatic heterocycles. The minimum absolute atomic E-state index is 1.37. The fraction of sp³-hybridized carbons (Fsp3) is 1.00. The highest BCUT2D eigenvalue weighted by molar-refractivity contribution is 4.56. The lowest BCUT2D eigenvalue weighted by Gasteiger charge is -2.40. The standard InChI is InChI=1S/C44H92N.NO3/c1-5-9-13-17-21-25-29-33-37-41-45(42-38-34-30-26-22-18-14-10-6-2,43-39-35-31-27-23-19-15-11-7-3)44-40-36-32-28-24-20-16-12-8-4;2-1(3)4/h5-44H2,1-4H3;/q+1;-1. The molecule has 0 aromatic heterocycles. The van der Waals surface area contributed by atoms with Crippen LogP contribution in [0.25, 0.3) is 0 Å². The van der Waals surface area contributed by atoms with Gasteiger partial charge >= 0.3 is 0 Å². The van der Waals surface area contributed by atoms with Crippen LogP contribution in [0.4, 0.5) is 0 Å². The molecule has 5 nitrogen and oxygen atoms in total. The van der Waals surface area contributed by atoms with Crippen LogP contribution in [0.3, 0.4) is 0 Å². The third-order valence-electron chi connectivity index (χ3n) is 10.9. The molecule has 0 amide bonds. The molecule has 296 valence electrons. The van der Waals surface area contributed by atoms with Crippen LogP contribution in [-0.4, -0.2) is 35.7 Å². The van der Waals surface area contributed by atoms with Crippen molar-refractivity contribution in [2.75, 3.05) is 26.2 Å². The number of hydrogen-bond donors (Lipinski definition) is 0. The van der Waals surface area contributed by atoms with Gasteiger partial charge in [0.2, 0.25) is 0 Å². The van der Waals surface area contributed by atoms with E-state index >= 15 is 0 Å². The summed E-state index contributed by atoms with van der Waals surface area (Å²) in [6.07, 6.45) is 52.7. The molecule has 0 unspecified atom stereocenters. The highest BCUT2D eigenvalue weighted by Gasteiger charge is 2.25. The second-order valence-electron chi connectivity index (χ2n) is 15.8. The molecule has 0 radical (unpaired) electrons. The van der Waals surface area contributed by atoms with E-state index in [9.17, 15) is 0 Å². The monoisotopic (exact) mass is 697 g/mol. The van der Waals surface area contributed by atoms with Gasteiger partial charge in [0.15, 0.2) is 0 Å². The van der Waals surface area contributed by atoms with Gasteiger partial charge in [0.25, 0.3) is 0 Å². The van der Waals surface area contributed by atoms with Crippen molar-refractivity contribution in [1.29, 1.82) is 0 Å². The molecule has 0 atom stereocenters. The summed E-state index contributed by atoms with van der Waals surface area (Å²) < 4.78 is 1.49. The fourth-order valence-electron chi connectivity index (χ4n) is 7.70. The molecular weight excluding hydrogens is 604 g/mol. The van der Waals surface area contributed by atoms with Gasteiger partial charge in [-0.25, -0.2) is 0 Å². The summed E-state index contributed by atoms with van der Waals surface area (Å²) in [5, 5.41) is 14.8. The van der Waals surface area contributed by atoms with E-state index < -0.39 is 5.09 Å². The van der Waals surface area contributed by atoms with Gasteiger partial charge in [-0.15, -0.1) is 0 Å². The SMILES string of the molecule is CCCCCCCCCCC[N+](CCCCCCCCCCC)(CCCCCCCCCCC)CCCCCCCCCCC.O=[N+]([O-])[O-]. The average molecular weight is 697 g/mol. The van der Waals surface area contributed by atoms with Gasteiger partial charge in [0.05, 0.1) is 31.3 Å². The van der Waals surface area contributed by atoms with E-state index in [1.165, 1.54) is 262 Å². The van der Waals surface area contributed by atoms with Crippen LogP contribution >= 0.6 is 0 Å². The van der Waals surface area contributed by atoms with Crippen molar-refractivity contribution in [3.05, 3.63) is 15.3 Å². The van der Waals surface area contributed by atoms with Crippen molar-refractivity contribution in [3.63, 3.8) is 0 Å². The Bertz CT molecular complexity index is 517. The van der Waals surface area contributed by atoms with Crippen LogP contribution < -0.4 is 0 Å². The van der Waals surface area contributed by atoms with Crippen molar-refractivity contribution in [3.8, 4) is 0 Å². The van der Waals surface area contributed by atoms with Gasteiger partial charge in [-0.1, -0.05) is 207 Å². The summed E-state index contributed by atoms with van der Waals surface area (Å²) in [6.45, 7) is 15.3. The predicted molar refractivity (Wildman–Crippen MR) is 219 cm³/mol. The van der Waals surface area contributed by atoms with Crippen molar-refractivity contribution >= 4 is 0 Å². The van der Waals surface area contributed by atoms with E-state index in [1.54, 1.807) is 0 Å².